The number of fused-ring (bicyclic) bond motifs is 1. The second-order valence-electron chi connectivity index (χ2n) is 7.88. The number of amides is 2. The van der Waals surface area contributed by atoms with E-state index in [9.17, 15) is 24.3 Å². The summed E-state index contributed by atoms with van der Waals surface area (Å²) in [4.78, 5) is 50.7. The Hall–Kier alpha value is -2.07. The molecule has 2 fully saturated rings. The minimum atomic E-state index is -0.836. The molecular weight excluding hydrogens is 412 g/mol. The lowest BCUT2D eigenvalue weighted by Gasteiger charge is -2.46. The summed E-state index contributed by atoms with van der Waals surface area (Å²) in [5, 5.41) is 12.7. The predicted molar refractivity (Wildman–Crippen MR) is 108 cm³/mol. The molecule has 9 nitrogen and oxygen atoms in total. The normalized spacial score (nSPS) is 28.7. The molecule has 0 spiro atoms. The minimum absolute atomic E-state index is 0.0524. The lowest BCUT2D eigenvalue weighted by molar-refractivity contribution is -0.172. The number of hydrogen-bond acceptors (Lipinski definition) is 8. The van der Waals surface area contributed by atoms with E-state index >= 15 is 0 Å². The third-order valence-electron chi connectivity index (χ3n) is 5.68. The van der Waals surface area contributed by atoms with Crippen molar-refractivity contribution in [2.45, 2.75) is 63.9 Å². The molecule has 0 saturated carbocycles. The molecule has 2 amide bonds. The van der Waals surface area contributed by atoms with E-state index in [-0.39, 0.29) is 41.1 Å². The van der Waals surface area contributed by atoms with Crippen LogP contribution < -0.4 is 5.32 Å². The maximum atomic E-state index is 12.8. The lowest BCUT2D eigenvalue weighted by Crippen LogP contribution is -2.63. The molecule has 10 heteroatoms. The maximum Gasteiger partial charge on any atom is 0.358 e. The van der Waals surface area contributed by atoms with Crippen molar-refractivity contribution >= 4 is 35.5 Å². The number of carbonyl (C=O) groups excluding carboxylic acids is 4. The first-order valence-electron chi connectivity index (χ1n) is 10.3. The van der Waals surface area contributed by atoms with Crippen molar-refractivity contribution in [1.29, 1.82) is 0 Å². The Bertz CT molecular complexity index is 766. The number of esters is 2. The van der Waals surface area contributed by atoms with Crippen LogP contribution in [0.5, 0.6) is 0 Å². The third-order valence-corrected chi connectivity index (χ3v) is 7.17. The number of thioether (sulfide) groups is 1. The highest BCUT2D eigenvalue weighted by atomic mass is 32.2. The van der Waals surface area contributed by atoms with Crippen molar-refractivity contribution in [3.05, 3.63) is 10.6 Å². The highest BCUT2D eigenvalue weighted by molar-refractivity contribution is 8.03. The van der Waals surface area contributed by atoms with Crippen LogP contribution in [0.15, 0.2) is 10.6 Å². The van der Waals surface area contributed by atoms with Gasteiger partial charge in [-0.3, -0.25) is 14.4 Å². The maximum absolute atomic E-state index is 12.8. The molecule has 0 aromatic rings. The summed E-state index contributed by atoms with van der Waals surface area (Å²) in [6.07, 6.45) is 1.28. The standard InChI is InChI=1S/C20H28N2O7S/c1-4-5-6-14(25)28-9-29-20(27)17-18(30-12-7-13(24)21-8-12)10(2)16-15(11(3)23)19(26)22(16)17/h10-12,15-16,23H,4-9H2,1-3H3,(H,21,24)/t10?,11?,12-,15?,16-/m1/s1. The second-order valence-corrected chi connectivity index (χ2v) is 9.23. The van der Waals surface area contributed by atoms with Crippen molar-refractivity contribution in [2.24, 2.45) is 11.8 Å². The van der Waals surface area contributed by atoms with Crippen molar-refractivity contribution in [3.63, 3.8) is 0 Å². The van der Waals surface area contributed by atoms with Gasteiger partial charge < -0.3 is 24.8 Å². The molecule has 2 saturated heterocycles. The van der Waals surface area contributed by atoms with Crippen LogP contribution in [-0.2, 0) is 28.7 Å². The second kappa shape index (κ2) is 9.38. The van der Waals surface area contributed by atoms with Gasteiger partial charge in [-0.15, -0.1) is 11.8 Å². The van der Waals surface area contributed by atoms with Gasteiger partial charge in [0.1, 0.15) is 5.70 Å². The van der Waals surface area contributed by atoms with Crippen LogP contribution in [0.25, 0.3) is 0 Å². The number of nitrogens with zero attached hydrogens (tertiary/aromatic N) is 1. The number of hydrogen-bond donors (Lipinski definition) is 2. The zero-order valence-corrected chi connectivity index (χ0v) is 18.2. The fourth-order valence-corrected chi connectivity index (χ4v) is 5.53. The molecule has 3 rings (SSSR count). The fraction of sp³-hybridized carbons (Fsp3) is 0.700. The zero-order chi connectivity index (χ0) is 22.0. The largest absolute Gasteiger partial charge is 0.428 e. The number of aliphatic hydroxyl groups excluding tert-OH is 1. The van der Waals surface area contributed by atoms with Crippen LogP contribution in [0.4, 0.5) is 0 Å². The van der Waals surface area contributed by atoms with Gasteiger partial charge in [0.15, 0.2) is 0 Å². The molecular formula is C20H28N2O7S. The molecule has 3 aliphatic rings. The number of rotatable bonds is 9. The first kappa shape index (κ1) is 22.6. The molecule has 0 radical (unpaired) electrons. The average Bonchev–Trinajstić information content (AvgIpc) is 3.19. The Morgan fingerprint density at radius 3 is 2.67 bits per heavy atom. The smallest absolute Gasteiger partial charge is 0.358 e. The van der Waals surface area contributed by atoms with E-state index in [1.165, 1.54) is 16.7 Å². The summed E-state index contributed by atoms with van der Waals surface area (Å²) in [6, 6.07) is -0.334. The Morgan fingerprint density at radius 1 is 1.33 bits per heavy atom. The lowest BCUT2D eigenvalue weighted by atomic mass is 9.79. The molecule has 0 aliphatic carbocycles. The molecule has 0 aromatic carbocycles. The van der Waals surface area contributed by atoms with Gasteiger partial charge in [-0.2, -0.15) is 0 Å². The fourth-order valence-electron chi connectivity index (χ4n) is 4.12. The van der Waals surface area contributed by atoms with E-state index in [1.807, 2.05) is 13.8 Å². The molecule has 0 aromatic heterocycles. The SMILES string of the molecule is CCCCC(=O)OCOC(=O)C1=C(S[C@H]2CNC(=O)C2)C(C)[C@@H]2C(C(C)O)C(=O)N12. The average molecular weight is 441 g/mol. The molecule has 5 atom stereocenters. The van der Waals surface area contributed by atoms with Crippen molar-refractivity contribution < 1.29 is 33.8 Å². The summed E-state index contributed by atoms with van der Waals surface area (Å²) in [7, 11) is 0. The minimum Gasteiger partial charge on any atom is -0.428 e. The van der Waals surface area contributed by atoms with Crippen molar-refractivity contribution in [2.75, 3.05) is 13.3 Å². The van der Waals surface area contributed by atoms with Crippen LogP contribution >= 0.6 is 11.8 Å². The highest BCUT2D eigenvalue weighted by Crippen LogP contribution is 2.51. The van der Waals surface area contributed by atoms with Gasteiger partial charge in [-0.1, -0.05) is 20.3 Å². The van der Waals surface area contributed by atoms with Crippen LogP contribution in [0.1, 0.15) is 46.5 Å². The quantitative estimate of drug-likeness (QED) is 0.308. The van der Waals surface area contributed by atoms with Crippen LogP contribution in [0.2, 0.25) is 0 Å². The van der Waals surface area contributed by atoms with Gasteiger partial charge in [0.05, 0.1) is 18.1 Å². The Morgan fingerprint density at radius 2 is 2.07 bits per heavy atom. The summed E-state index contributed by atoms with van der Waals surface area (Å²) in [6.45, 7) is 5.37. The summed E-state index contributed by atoms with van der Waals surface area (Å²) in [5.41, 5.74) is 0.128. The molecule has 3 unspecified atom stereocenters. The molecule has 2 N–H and O–H groups in total. The molecule has 3 aliphatic heterocycles. The number of carbonyl (C=O) groups is 4. The van der Waals surface area contributed by atoms with Crippen LogP contribution in [0, 0.1) is 11.8 Å². The number of aliphatic hydroxyl groups is 1. The molecule has 30 heavy (non-hydrogen) atoms. The Kier molecular flexibility index (Phi) is 7.07. The number of unbranched alkanes of at least 4 members (excludes halogenated alkanes) is 1. The molecule has 0 bridgehead atoms. The van der Waals surface area contributed by atoms with Gasteiger partial charge in [0.25, 0.3) is 0 Å². The topological polar surface area (TPSA) is 122 Å². The summed E-state index contributed by atoms with van der Waals surface area (Å²) >= 11 is 1.39. The summed E-state index contributed by atoms with van der Waals surface area (Å²) in [5.74, 6) is -2.35. The highest BCUT2D eigenvalue weighted by Gasteiger charge is 2.60. The van der Waals surface area contributed by atoms with Crippen LogP contribution in [0.3, 0.4) is 0 Å². The third kappa shape index (κ3) is 4.34. The van der Waals surface area contributed by atoms with Gasteiger partial charge in [-0.05, 0) is 13.3 Å². The van der Waals surface area contributed by atoms with Gasteiger partial charge in [0.2, 0.25) is 18.6 Å². The van der Waals surface area contributed by atoms with Gasteiger partial charge in [-0.25, -0.2) is 4.79 Å². The molecule has 3 heterocycles. The Balaban J connectivity index is 1.73. The first-order chi connectivity index (χ1) is 14.3. The number of β-lactam (4-membered cyclic amide) rings is 1. The van der Waals surface area contributed by atoms with Crippen LogP contribution in [-0.4, -0.2) is 64.5 Å². The Labute approximate surface area is 179 Å². The van der Waals surface area contributed by atoms with Gasteiger partial charge >= 0.3 is 11.9 Å². The van der Waals surface area contributed by atoms with E-state index in [1.54, 1.807) is 6.92 Å². The zero-order valence-electron chi connectivity index (χ0n) is 17.4. The predicted octanol–water partition coefficient (Wildman–Crippen LogP) is 0.911. The first-order valence-corrected chi connectivity index (χ1v) is 11.2. The van der Waals surface area contributed by atoms with E-state index in [0.29, 0.717) is 24.3 Å². The number of nitrogens with one attached hydrogen (secondary N) is 1. The van der Waals surface area contributed by atoms with E-state index in [4.69, 9.17) is 9.47 Å². The number of ether oxygens (including phenoxy) is 2. The van der Waals surface area contributed by atoms with Gasteiger partial charge in [0, 0.05) is 35.5 Å². The monoisotopic (exact) mass is 440 g/mol. The van der Waals surface area contributed by atoms with Crippen molar-refractivity contribution in [1.82, 2.24) is 10.2 Å². The van der Waals surface area contributed by atoms with E-state index in [0.717, 1.165) is 6.42 Å². The molecule has 166 valence electrons. The van der Waals surface area contributed by atoms with E-state index < -0.39 is 30.8 Å². The van der Waals surface area contributed by atoms with E-state index in [2.05, 4.69) is 5.32 Å². The summed E-state index contributed by atoms with van der Waals surface area (Å²) < 4.78 is 10.1. The van der Waals surface area contributed by atoms with Crippen molar-refractivity contribution in [3.8, 4) is 0 Å².